The van der Waals surface area contributed by atoms with E-state index in [9.17, 15) is 4.79 Å². The Labute approximate surface area is 125 Å². The van der Waals surface area contributed by atoms with Gasteiger partial charge in [0.05, 0.1) is 5.56 Å². The molecule has 5 heteroatoms. The number of nitrogens with one attached hydrogen (secondary N) is 1. The Bertz CT molecular complexity index is 575. The maximum absolute atomic E-state index is 12.0. The van der Waals surface area contributed by atoms with E-state index >= 15 is 0 Å². The van der Waals surface area contributed by atoms with Crippen LogP contribution in [0.15, 0.2) is 47.1 Å². The second-order valence-electron chi connectivity index (χ2n) is 3.95. The summed E-state index contributed by atoms with van der Waals surface area (Å²) in [5.41, 5.74) is 1.53. The van der Waals surface area contributed by atoms with Crippen LogP contribution in [0.2, 0.25) is 5.02 Å². The van der Waals surface area contributed by atoms with Crippen LogP contribution in [0.25, 0.3) is 0 Å². The first-order valence-electron chi connectivity index (χ1n) is 5.80. The first-order valence-corrected chi connectivity index (χ1v) is 6.97. The summed E-state index contributed by atoms with van der Waals surface area (Å²) in [4.78, 5) is 16.2. The van der Waals surface area contributed by atoms with Gasteiger partial charge in [0.15, 0.2) is 0 Å². The monoisotopic (exact) mass is 338 g/mol. The Morgan fingerprint density at radius 3 is 2.84 bits per heavy atom. The van der Waals surface area contributed by atoms with Gasteiger partial charge in [-0.1, -0.05) is 17.7 Å². The predicted molar refractivity (Wildman–Crippen MR) is 79.4 cm³/mol. The molecule has 0 aliphatic carbocycles. The van der Waals surface area contributed by atoms with Crippen molar-refractivity contribution >= 4 is 33.4 Å². The highest BCUT2D eigenvalue weighted by Crippen LogP contribution is 2.21. The maximum atomic E-state index is 12.0. The molecule has 0 aliphatic heterocycles. The van der Waals surface area contributed by atoms with Gasteiger partial charge >= 0.3 is 0 Å². The van der Waals surface area contributed by atoms with Gasteiger partial charge in [-0.15, -0.1) is 0 Å². The van der Waals surface area contributed by atoms with Crippen LogP contribution >= 0.6 is 27.5 Å². The first-order chi connectivity index (χ1) is 9.16. The molecule has 1 aromatic carbocycles. The number of rotatable bonds is 4. The summed E-state index contributed by atoms with van der Waals surface area (Å²) in [5.74, 6) is -0.125. The van der Waals surface area contributed by atoms with Crippen LogP contribution < -0.4 is 5.32 Å². The molecule has 0 bridgehead atoms. The lowest BCUT2D eigenvalue weighted by Crippen LogP contribution is -2.26. The van der Waals surface area contributed by atoms with E-state index in [4.69, 9.17) is 11.6 Å². The van der Waals surface area contributed by atoms with E-state index in [1.165, 1.54) is 0 Å². The van der Waals surface area contributed by atoms with Crippen LogP contribution in [0.4, 0.5) is 0 Å². The number of hydrogen-bond acceptors (Lipinski definition) is 2. The fourth-order valence-corrected chi connectivity index (χ4v) is 2.48. The highest BCUT2D eigenvalue weighted by atomic mass is 79.9. The molecule has 0 radical (unpaired) electrons. The minimum absolute atomic E-state index is 0.125. The molecular weight excluding hydrogens is 328 g/mol. The number of amides is 1. The van der Waals surface area contributed by atoms with Crippen LogP contribution in [0, 0.1) is 0 Å². The van der Waals surface area contributed by atoms with Gasteiger partial charge in [0.1, 0.15) is 0 Å². The van der Waals surface area contributed by atoms with Gasteiger partial charge in [0.2, 0.25) is 0 Å². The molecule has 0 aliphatic rings. The Morgan fingerprint density at radius 1 is 1.32 bits per heavy atom. The third-order valence-electron chi connectivity index (χ3n) is 2.57. The number of halogens is 2. The SMILES string of the molecule is O=C(NCCc1ccccn1)c1ccc(Cl)cc1Br. The summed E-state index contributed by atoms with van der Waals surface area (Å²) in [5, 5.41) is 3.45. The van der Waals surface area contributed by atoms with Crippen LogP contribution in [0.5, 0.6) is 0 Å². The molecular formula is C14H12BrClN2O. The molecule has 3 nitrogen and oxygen atoms in total. The number of hydrogen-bond donors (Lipinski definition) is 1. The van der Waals surface area contributed by atoms with E-state index in [2.05, 4.69) is 26.2 Å². The molecule has 0 fully saturated rings. The molecule has 0 spiro atoms. The quantitative estimate of drug-likeness (QED) is 0.927. The number of nitrogens with zero attached hydrogens (tertiary/aromatic N) is 1. The van der Waals surface area contributed by atoms with E-state index in [0.717, 1.165) is 5.69 Å². The molecule has 1 aromatic heterocycles. The molecule has 0 saturated heterocycles. The van der Waals surface area contributed by atoms with Gasteiger partial charge in [-0.3, -0.25) is 9.78 Å². The molecule has 0 unspecified atom stereocenters. The molecule has 2 aromatic rings. The van der Waals surface area contributed by atoms with Crippen molar-refractivity contribution in [3.63, 3.8) is 0 Å². The van der Waals surface area contributed by atoms with E-state index < -0.39 is 0 Å². The summed E-state index contributed by atoms with van der Waals surface area (Å²) in [6.45, 7) is 0.547. The van der Waals surface area contributed by atoms with Crippen molar-refractivity contribution in [1.29, 1.82) is 0 Å². The van der Waals surface area contributed by atoms with Gasteiger partial charge in [0.25, 0.3) is 5.91 Å². The van der Waals surface area contributed by atoms with Crippen molar-refractivity contribution in [3.05, 3.63) is 63.3 Å². The lowest BCUT2D eigenvalue weighted by atomic mass is 10.2. The lowest BCUT2D eigenvalue weighted by molar-refractivity contribution is 0.0953. The Kier molecular flexibility index (Phi) is 4.93. The number of carbonyl (C=O) groups is 1. The summed E-state index contributed by atoms with van der Waals surface area (Å²) in [6.07, 6.45) is 2.45. The van der Waals surface area contributed by atoms with E-state index in [-0.39, 0.29) is 5.91 Å². The predicted octanol–water partition coefficient (Wildman–Crippen LogP) is 3.47. The highest BCUT2D eigenvalue weighted by Gasteiger charge is 2.09. The number of pyridine rings is 1. The zero-order chi connectivity index (χ0) is 13.7. The first kappa shape index (κ1) is 14.0. The van der Waals surface area contributed by atoms with Crippen molar-refractivity contribution in [1.82, 2.24) is 10.3 Å². The zero-order valence-corrected chi connectivity index (χ0v) is 12.4. The summed E-state index contributed by atoms with van der Waals surface area (Å²) < 4.78 is 0.690. The van der Waals surface area contributed by atoms with Crippen LogP contribution in [-0.2, 0) is 6.42 Å². The fraction of sp³-hybridized carbons (Fsp3) is 0.143. The maximum Gasteiger partial charge on any atom is 0.252 e. The smallest absolute Gasteiger partial charge is 0.252 e. The van der Waals surface area contributed by atoms with E-state index in [1.807, 2.05) is 18.2 Å². The minimum atomic E-state index is -0.125. The Balaban J connectivity index is 1.91. The molecule has 1 heterocycles. The van der Waals surface area contributed by atoms with Gasteiger partial charge in [0, 0.05) is 34.4 Å². The molecule has 0 saturated carbocycles. The van der Waals surface area contributed by atoms with Crippen LogP contribution in [0.3, 0.4) is 0 Å². The third kappa shape index (κ3) is 4.04. The summed E-state index contributed by atoms with van der Waals surface area (Å²) in [6, 6.07) is 10.8. The zero-order valence-electron chi connectivity index (χ0n) is 10.1. The van der Waals surface area contributed by atoms with Crippen molar-refractivity contribution in [3.8, 4) is 0 Å². The van der Waals surface area contributed by atoms with Crippen LogP contribution in [0.1, 0.15) is 16.1 Å². The number of aromatic nitrogens is 1. The standard InChI is InChI=1S/C14H12BrClN2O/c15-13-9-10(16)4-5-12(13)14(19)18-8-6-11-3-1-2-7-17-11/h1-5,7,9H,6,8H2,(H,18,19). The van der Waals surface area contributed by atoms with Gasteiger partial charge in [-0.2, -0.15) is 0 Å². The average molecular weight is 340 g/mol. The largest absolute Gasteiger partial charge is 0.352 e. The number of benzene rings is 1. The van der Waals surface area contributed by atoms with Crippen molar-refractivity contribution in [2.24, 2.45) is 0 Å². The molecule has 0 atom stereocenters. The topological polar surface area (TPSA) is 42.0 Å². The second-order valence-corrected chi connectivity index (χ2v) is 5.24. The Hall–Kier alpha value is -1.39. The van der Waals surface area contributed by atoms with Crippen LogP contribution in [-0.4, -0.2) is 17.4 Å². The minimum Gasteiger partial charge on any atom is -0.352 e. The molecule has 98 valence electrons. The third-order valence-corrected chi connectivity index (χ3v) is 3.46. The van der Waals surface area contributed by atoms with Gasteiger partial charge in [-0.25, -0.2) is 0 Å². The van der Waals surface area contributed by atoms with Crippen molar-refractivity contribution in [2.45, 2.75) is 6.42 Å². The summed E-state index contributed by atoms with van der Waals surface area (Å²) >= 11 is 9.16. The van der Waals surface area contributed by atoms with E-state index in [0.29, 0.717) is 28.0 Å². The van der Waals surface area contributed by atoms with Gasteiger partial charge in [-0.05, 0) is 46.3 Å². The molecule has 2 rings (SSSR count). The highest BCUT2D eigenvalue weighted by molar-refractivity contribution is 9.10. The second kappa shape index (κ2) is 6.68. The lowest BCUT2D eigenvalue weighted by Gasteiger charge is -2.07. The molecule has 19 heavy (non-hydrogen) atoms. The number of carbonyl (C=O) groups excluding carboxylic acids is 1. The summed E-state index contributed by atoms with van der Waals surface area (Å²) in [7, 11) is 0. The normalized spacial score (nSPS) is 10.2. The Morgan fingerprint density at radius 2 is 2.16 bits per heavy atom. The average Bonchev–Trinajstić information content (AvgIpc) is 2.39. The van der Waals surface area contributed by atoms with Crippen molar-refractivity contribution < 1.29 is 4.79 Å². The van der Waals surface area contributed by atoms with Gasteiger partial charge < -0.3 is 5.32 Å². The molecule has 1 amide bonds. The van der Waals surface area contributed by atoms with E-state index in [1.54, 1.807) is 24.4 Å². The molecule has 1 N–H and O–H groups in total. The fourth-order valence-electron chi connectivity index (χ4n) is 1.62. The van der Waals surface area contributed by atoms with Crippen molar-refractivity contribution in [2.75, 3.05) is 6.54 Å².